The summed E-state index contributed by atoms with van der Waals surface area (Å²) in [5.74, 6) is 0.504. The second-order valence-corrected chi connectivity index (χ2v) is 9.50. The zero-order chi connectivity index (χ0) is 21.4. The maximum Gasteiger partial charge on any atom is 0.242 e. The molecular weight excluding hydrogens is 383 g/mol. The molecule has 7 rings (SSSR count). The van der Waals surface area contributed by atoms with Crippen LogP contribution in [0, 0.1) is 0 Å². The first-order valence-corrected chi connectivity index (χ1v) is 11.6. The van der Waals surface area contributed by atoms with Crippen molar-refractivity contribution in [1.82, 2.24) is 0 Å². The zero-order valence-corrected chi connectivity index (χ0v) is 18.4. The molecule has 0 unspecified atom stereocenters. The molecule has 0 aliphatic carbocycles. The molecule has 0 radical (unpaired) electrons. The van der Waals surface area contributed by atoms with Gasteiger partial charge in [-0.2, -0.15) is 0 Å². The van der Waals surface area contributed by atoms with Gasteiger partial charge in [0.2, 0.25) is 6.71 Å². The highest BCUT2D eigenvalue weighted by Gasteiger charge is 2.32. The third-order valence-corrected chi connectivity index (χ3v) is 7.46. The molecule has 0 nitrogen and oxygen atoms in total. The van der Waals surface area contributed by atoms with Gasteiger partial charge in [0.25, 0.3) is 0 Å². The minimum atomic E-state index is 0.249. The van der Waals surface area contributed by atoms with Crippen molar-refractivity contribution in [2.45, 2.75) is 19.8 Å². The standard InChI is InChI=1S/C31H23B/c1-19(2)23-15-14-21-18-28-31-26(17-13-20-12-16-25(23)29(21)30(20)31)24-10-6-7-11-27(24)32(28)22-8-4-3-5-9-22/h3-19H,1-2H3. The van der Waals surface area contributed by atoms with Crippen LogP contribution in [-0.4, -0.2) is 6.71 Å². The highest BCUT2D eigenvalue weighted by atomic mass is 14.2. The maximum atomic E-state index is 2.48. The third-order valence-electron chi connectivity index (χ3n) is 7.46. The highest BCUT2D eigenvalue weighted by Crippen LogP contribution is 2.41. The van der Waals surface area contributed by atoms with E-state index in [1.165, 1.54) is 65.4 Å². The molecule has 0 fully saturated rings. The van der Waals surface area contributed by atoms with Crippen LogP contribution in [0.5, 0.6) is 0 Å². The SMILES string of the molecule is CC(C)c1ccc2cc3c4c(ccc5ccc1c2c54)-c1ccccc1B3c1ccccc1. The first kappa shape index (κ1) is 18.0. The monoisotopic (exact) mass is 406 g/mol. The van der Waals surface area contributed by atoms with Crippen LogP contribution in [0.4, 0.5) is 0 Å². The molecule has 0 spiro atoms. The third kappa shape index (κ3) is 2.29. The van der Waals surface area contributed by atoms with Gasteiger partial charge in [-0.15, -0.1) is 0 Å². The van der Waals surface area contributed by atoms with Gasteiger partial charge in [0.05, 0.1) is 0 Å². The zero-order valence-electron chi connectivity index (χ0n) is 18.4. The van der Waals surface area contributed by atoms with E-state index >= 15 is 0 Å². The average Bonchev–Trinajstić information content (AvgIpc) is 2.84. The molecule has 1 heterocycles. The maximum absolute atomic E-state index is 2.48. The van der Waals surface area contributed by atoms with Gasteiger partial charge in [-0.25, -0.2) is 0 Å². The lowest BCUT2D eigenvalue weighted by atomic mass is 9.33. The Hall–Kier alpha value is -3.58. The number of rotatable bonds is 2. The fourth-order valence-electron chi connectivity index (χ4n) is 6.09. The molecular formula is C31H23B. The van der Waals surface area contributed by atoms with Gasteiger partial charge in [0, 0.05) is 0 Å². The van der Waals surface area contributed by atoms with Gasteiger partial charge in [-0.05, 0) is 54.9 Å². The quantitative estimate of drug-likeness (QED) is 0.237. The molecule has 32 heavy (non-hydrogen) atoms. The van der Waals surface area contributed by atoms with Crippen LogP contribution < -0.4 is 16.4 Å². The van der Waals surface area contributed by atoms with E-state index in [0.29, 0.717) is 5.92 Å². The van der Waals surface area contributed by atoms with Crippen LogP contribution in [0.25, 0.3) is 43.4 Å². The molecule has 6 aromatic rings. The lowest BCUT2D eigenvalue weighted by molar-refractivity contribution is 0.877. The van der Waals surface area contributed by atoms with Crippen LogP contribution in [-0.2, 0) is 0 Å². The van der Waals surface area contributed by atoms with Crippen LogP contribution in [0.2, 0.25) is 0 Å². The van der Waals surface area contributed by atoms with E-state index in [1.54, 1.807) is 0 Å². The molecule has 6 aromatic carbocycles. The summed E-state index contributed by atoms with van der Waals surface area (Å²) < 4.78 is 0. The van der Waals surface area contributed by atoms with Crippen molar-refractivity contribution in [3.8, 4) is 11.1 Å². The number of hydrogen-bond donors (Lipinski definition) is 0. The largest absolute Gasteiger partial charge is 0.242 e. The second-order valence-electron chi connectivity index (χ2n) is 9.50. The number of benzene rings is 6. The molecule has 150 valence electrons. The normalized spacial score (nSPS) is 12.9. The molecule has 0 bridgehead atoms. The molecule has 0 saturated carbocycles. The molecule has 1 aliphatic heterocycles. The Kier molecular flexibility index (Phi) is 3.64. The van der Waals surface area contributed by atoms with Crippen molar-refractivity contribution < 1.29 is 0 Å². The van der Waals surface area contributed by atoms with E-state index in [-0.39, 0.29) is 6.71 Å². The molecule has 1 aliphatic rings. The highest BCUT2D eigenvalue weighted by molar-refractivity contribution is 6.98. The topological polar surface area (TPSA) is 0 Å². The first-order valence-electron chi connectivity index (χ1n) is 11.6. The predicted octanol–water partition coefficient (Wildman–Crippen LogP) is 6.20. The Morgan fingerprint density at radius 3 is 2.16 bits per heavy atom. The molecule has 0 saturated heterocycles. The summed E-state index contributed by atoms with van der Waals surface area (Å²) in [5.41, 5.74) is 8.40. The first-order chi connectivity index (χ1) is 15.7. The van der Waals surface area contributed by atoms with Crippen LogP contribution in [0.3, 0.4) is 0 Å². The van der Waals surface area contributed by atoms with Gasteiger partial charge >= 0.3 is 0 Å². The summed E-state index contributed by atoms with van der Waals surface area (Å²) in [5, 5.41) is 8.41. The molecule has 0 atom stereocenters. The van der Waals surface area contributed by atoms with E-state index in [0.717, 1.165) is 0 Å². The van der Waals surface area contributed by atoms with Gasteiger partial charge in [0.15, 0.2) is 0 Å². The molecule has 0 aromatic heterocycles. The molecule has 1 heteroatoms. The van der Waals surface area contributed by atoms with Gasteiger partial charge in [0.1, 0.15) is 0 Å². The minimum Gasteiger partial charge on any atom is -0.0686 e. The van der Waals surface area contributed by atoms with Gasteiger partial charge < -0.3 is 0 Å². The van der Waals surface area contributed by atoms with E-state index < -0.39 is 0 Å². The second kappa shape index (κ2) is 6.47. The lowest BCUT2D eigenvalue weighted by Gasteiger charge is -2.29. The Bertz CT molecular complexity index is 1640. The fraction of sp³-hybridized carbons (Fsp3) is 0.0968. The predicted molar refractivity (Wildman–Crippen MR) is 141 cm³/mol. The molecule has 0 amide bonds. The van der Waals surface area contributed by atoms with Crippen molar-refractivity contribution in [1.29, 1.82) is 0 Å². The lowest BCUT2D eigenvalue weighted by Crippen LogP contribution is -2.54. The van der Waals surface area contributed by atoms with Crippen molar-refractivity contribution >= 4 is 55.4 Å². The van der Waals surface area contributed by atoms with Gasteiger partial charge in [-0.3, -0.25) is 0 Å². The summed E-state index contributed by atoms with van der Waals surface area (Å²) in [6, 6.07) is 36.5. The number of fused-ring (bicyclic) bond motifs is 2. The van der Waals surface area contributed by atoms with Crippen LogP contribution in [0.15, 0.2) is 97.1 Å². The molecule has 0 N–H and O–H groups in total. The summed E-state index contributed by atoms with van der Waals surface area (Å²) in [6.45, 7) is 4.85. The van der Waals surface area contributed by atoms with Crippen molar-refractivity contribution in [3.05, 3.63) is 103 Å². The van der Waals surface area contributed by atoms with Gasteiger partial charge in [-0.1, -0.05) is 127 Å². The minimum absolute atomic E-state index is 0.249. The van der Waals surface area contributed by atoms with Crippen molar-refractivity contribution in [2.24, 2.45) is 0 Å². The van der Waals surface area contributed by atoms with Crippen molar-refractivity contribution in [2.75, 3.05) is 0 Å². The van der Waals surface area contributed by atoms with E-state index in [2.05, 4.69) is 111 Å². The Morgan fingerprint density at radius 2 is 1.31 bits per heavy atom. The Balaban J connectivity index is 1.72. The Morgan fingerprint density at radius 1 is 0.562 bits per heavy atom. The van der Waals surface area contributed by atoms with E-state index in [1.807, 2.05) is 0 Å². The fourth-order valence-corrected chi connectivity index (χ4v) is 6.09. The summed E-state index contributed by atoms with van der Waals surface area (Å²) >= 11 is 0. The van der Waals surface area contributed by atoms with Crippen LogP contribution in [0.1, 0.15) is 25.3 Å². The smallest absolute Gasteiger partial charge is 0.0686 e. The van der Waals surface area contributed by atoms with Crippen molar-refractivity contribution in [3.63, 3.8) is 0 Å². The Labute approximate surface area is 188 Å². The van der Waals surface area contributed by atoms with Crippen LogP contribution >= 0.6 is 0 Å². The van der Waals surface area contributed by atoms with E-state index in [4.69, 9.17) is 0 Å². The van der Waals surface area contributed by atoms with E-state index in [9.17, 15) is 0 Å². The summed E-state index contributed by atoms with van der Waals surface area (Å²) in [6.07, 6.45) is 0. The summed E-state index contributed by atoms with van der Waals surface area (Å²) in [4.78, 5) is 0. The summed E-state index contributed by atoms with van der Waals surface area (Å²) in [7, 11) is 0. The number of hydrogen-bond acceptors (Lipinski definition) is 0. The average molecular weight is 406 g/mol.